The van der Waals surface area contributed by atoms with Crippen LogP contribution in [0.3, 0.4) is 0 Å². The first-order valence-electron chi connectivity index (χ1n) is 8.29. The van der Waals surface area contributed by atoms with E-state index in [2.05, 4.69) is 10.3 Å². The first-order valence-corrected chi connectivity index (χ1v) is 10.3. The second-order valence-corrected chi connectivity index (χ2v) is 10.9. The third-order valence-electron chi connectivity index (χ3n) is 4.95. The van der Waals surface area contributed by atoms with Crippen molar-refractivity contribution in [2.24, 2.45) is 0 Å². The number of H-pyrrole nitrogens is 1. The molecule has 1 aliphatic heterocycles. The molecule has 0 amide bonds. The van der Waals surface area contributed by atoms with Crippen LogP contribution in [0.1, 0.15) is 31.9 Å². The molecule has 1 aromatic carbocycles. The van der Waals surface area contributed by atoms with Gasteiger partial charge in [0.2, 0.25) is 0 Å². The molecule has 0 saturated heterocycles. The van der Waals surface area contributed by atoms with E-state index in [4.69, 9.17) is 11.6 Å². The normalized spacial score (nSPS) is 19.5. The summed E-state index contributed by atoms with van der Waals surface area (Å²) in [4.78, 5) is 14.6. The highest BCUT2D eigenvalue weighted by atomic mass is 35.5. The zero-order chi connectivity index (χ0) is 21.1. The Bertz CT molecular complexity index is 1100. The number of alkyl halides is 3. The summed E-state index contributed by atoms with van der Waals surface area (Å²) in [7, 11) is -4.25. The summed E-state index contributed by atoms with van der Waals surface area (Å²) in [6, 6.07) is 4.85. The number of hydrogen-bond donors (Lipinski definition) is 2. The predicted octanol–water partition coefficient (Wildman–Crippen LogP) is 4.15. The topological polar surface area (TPSA) is 79.0 Å². The maximum atomic E-state index is 14.7. The molecule has 28 heavy (non-hydrogen) atoms. The minimum absolute atomic E-state index is 0.0185. The Labute approximate surface area is 164 Å². The van der Waals surface area contributed by atoms with Gasteiger partial charge in [-0.1, -0.05) is 11.6 Å². The SMILES string of the molecule is CC(C)(C)S(=O)(=O)CC1(C(F)(F)F)c2cc(Cl)ccc2Nc2c1cc[nH]c2=O. The van der Waals surface area contributed by atoms with Crippen molar-refractivity contribution in [3.63, 3.8) is 0 Å². The first kappa shape index (κ1) is 20.7. The summed E-state index contributed by atoms with van der Waals surface area (Å²) in [5, 5.41) is 2.71. The van der Waals surface area contributed by atoms with Gasteiger partial charge in [-0.15, -0.1) is 0 Å². The van der Waals surface area contributed by atoms with E-state index in [-0.39, 0.29) is 22.0 Å². The predicted molar refractivity (Wildman–Crippen MR) is 102 cm³/mol. The summed E-state index contributed by atoms with van der Waals surface area (Å²) < 4.78 is 68.5. The fourth-order valence-corrected chi connectivity index (χ4v) is 4.91. The van der Waals surface area contributed by atoms with Gasteiger partial charge in [0, 0.05) is 22.5 Å². The number of aromatic nitrogens is 1. The number of rotatable bonds is 2. The fraction of sp³-hybridized carbons (Fsp3) is 0.389. The van der Waals surface area contributed by atoms with Crippen LogP contribution in [-0.2, 0) is 15.3 Å². The van der Waals surface area contributed by atoms with Gasteiger partial charge in [0.1, 0.15) is 11.1 Å². The van der Waals surface area contributed by atoms with Gasteiger partial charge in [0.15, 0.2) is 9.84 Å². The Morgan fingerprint density at radius 3 is 2.32 bits per heavy atom. The average molecular weight is 435 g/mol. The third-order valence-corrected chi connectivity index (χ3v) is 7.86. The van der Waals surface area contributed by atoms with Crippen LogP contribution in [0.2, 0.25) is 5.02 Å². The van der Waals surface area contributed by atoms with Gasteiger partial charge < -0.3 is 10.3 Å². The molecule has 2 aromatic rings. The van der Waals surface area contributed by atoms with Crippen molar-refractivity contribution in [2.45, 2.75) is 37.1 Å². The highest BCUT2D eigenvalue weighted by Crippen LogP contribution is 2.55. The van der Waals surface area contributed by atoms with Crippen LogP contribution in [0.25, 0.3) is 0 Å². The number of halogens is 4. The molecule has 2 heterocycles. The molecule has 1 aromatic heterocycles. The molecule has 0 spiro atoms. The standard InChI is InChI=1S/C18H18ClF3N2O3S/c1-16(2,3)28(26,27)9-17(18(20,21)22)11-6-7-23-15(25)14(11)24-13-5-4-10(19)8-12(13)17/h4-8,24H,9H2,1-3H3,(H,23,25). The molecule has 3 rings (SSSR count). The van der Waals surface area contributed by atoms with Crippen molar-refractivity contribution in [1.29, 1.82) is 0 Å². The smallest absolute Gasteiger partial charge is 0.351 e. The third kappa shape index (κ3) is 3.00. The van der Waals surface area contributed by atoms with Crippen molar-refractivity contribution in [1.82, 2.24) is 4.98 Å². The summed E-state index contributed by atoms with van der Waals surface area (Å²) in [5.74, 6) is -1.25. The molecule has 2 N–H and O–H groups in total. The monoisotopic (exact) mass is 434 g/mol. The van der Waals surface area contributed by atoms with Crippen molar-refractivity contribution in [3.05, 3.63) is 57.0 Å². The van der Waals surface area contributed by atoms with Crippen LogP contribution in [0, 0.1) is 0 Å². The number of sulfone groups is 1. The number of nitrogens with one attached hydrogen (secondary N) is 2. The number of anilines is 2. The molecule has 0 aliphatic carbocycles. The van der Waals surface area contributed by atoms with Crippen molar-refractivity contribution >= 4 is 32.8 Å². The van der Waals surface area contributed by atoms with E-state index in [0.717, 1.165) is 18.3 Å². The van der Waals surface area contributed by atoms with Gasteiger partial charge in [-0.2, -0.15) is 13.2 Å². The van der Waals surface area contributed by atoms with E-state index in [1.807, 2.05) is 0 Å². The van der Waals surface area contributed by atoms with Crippen LogP contribution < -0.4 is 10.9 Å². The van der Waals surface area contributed by atoms with E-state index in [1.165, 1.54) is 32.9 Å². The van der Waals surface area contributed by atoms with Gasteiger partial charge in [-0.3, -0.25) is 4.79 Å². The lowest BCUT2D eigenvalue weighted by atomic mass is 9.72. The van der Waals surface area contributed by atoms with Crippen LogP contribution in [0.5, 0.6) is 0 Å². The molecule has 0 bridgehead atoms. The first-order chi connectivity index (χ1) is 12.7. The number of pyridine rings is 1. The second kappa shape index (κ2) is 6.25. The molecular formula is C18H18ClF3N2O3S. The minimum Gasteiger partial charge on any atom is -0.351 e. The molecular weight excluding hydrogens is 417 g/mol. The zero-order valence-electron chi connectivity index (χ0n) is 15.2. The summed E-state index contributed by atoms with van der Waals surface area (Å²) >= 11 is 5.96. The summed E-state index contributed by atoms with van der Waals surface area (Å²) in [6.07, 6.45) is -3.95. The van der Waals surface area contributed by atoms with E-state index >= 15 is 0 Å². The minimum atomic E-state index is -5.02. The maximum Gasteiger partial charge on any atom is 0.403 e. The van der Waals surface area contributed by atoms with E-state index in [0.29, 0.717) is 0 Å². The van der Waals surface area contributed by atoms with Crippen LogP contribution in [-0.4, -0.2) is 30.1 Å². The molecule has 0 saturated carbocycles. The Morgan fingerprint density at radius 2 is 1.75 bits per heavy atom. The molecule has 1 atom stereocenters. The van der Waals surface area contributed by atoms with Gasteiger partial charge in [-0.05, 0) is 50.6 Å². The Kier molecular flexibility index (Phi) is 4.63. The van der Waals surface area contributed by atoms with E-state index in [9.17, 15) is 26.4 Å². The lowest BCUT2D eigenvalue weighted by Crippen LogP contribution is -2.53. The maximum absolute atomic E-state index is 14.7. The molecule has 0 fully saturated rings. The van der Waals surface area contributed by atoms with Crippen molar-refractivity contribution in [2.75, 3.05) is 11.1 Å². The quantitative estimate of drug-likeness (QED) is 0.744. The molecule has 0 radical (unpaired) electrons. The van der Waals surface area contributed by atoms with E-state index < -0.39 is 43.1 Å². The molecule has 152 valence electrons. The largest absolute Gasteiger partial charge is 0.403 e. The molecule has 5 nitrogen and oxygen atoms in total. The lowest BCUT2D eigenvalue weighted by molar-refractivity contribution is -0.172. The highest BCUT2D eigenvalue weighted by Gasteiger charge is 2.63. The highest BCUT2D eigenvalue weighted by molar-refractivity contribution is 7.92. The number of fused-ring (bicyclic) bond motifs is 2. The second-order valence-electron chi connectivity index (χ2n) is 7.68. The fourth-order valence-electron chi connectivity index (χ4n) is 3.26. The van der Waals surface area contributed by atoms with E-state index in [1.54, 1.807) is 0 Å². The van der Waals surface area contributed by atoms with Crippen LogP contribution in [0.4, 0.5) is 24.5 Å². The molecule has 1 unspecified atom stereocenters. The van der Waals surface area contributed by atoms with Gasteiger partial charge in [-0.25, -0.2) is 8.42 Å². The molecule has 1 aliphatic rings. The summed E-state index contributed by atoms with van der Waals surface area (Å²) in [5.41, 5.74) is -4.87. The van der Waals surface area contributed by atoms with Crippen LogP contribution in [0.15, 0.2) is 35.3 Å². The van der Waals surface area contributed by atoms with Gasteiger partial charge in [0.25, 0.3) is 5.56 Å². The van der Waals surface area contributed by atoms with Gasteiger partial charge >= 0.3 is 6.18 Å². The Hall–Kier alpha value is -2.00. The van der Waals surface area contributed by atoms with Gasteiger partial charge in [0.05, 0.1) is 10.5 Å². The average Bonchev–Trinajstić information content (AvgIpc) is 2.53. The number of hydrogen-bond acceptors (Lipinski definition) is 4. The Morgan fingerprint density at radius 1 is 1.11 bits per heavy atom. The van der Waals surface area contributed by atoms with Crippen LogP contribution >= 0.6 is 11.6 Å². The van der Waals surface area contributed by atoms with Crippen molar-refractivity contribution < 1.29 is 21.6 Å². The zero-order valence-corrected chi connectivity index (χ0v) is 16.8. The number of benzene rings is 1. The lowest BCUT2D eigenvalue weighted by Gasteiger charge is -2.42. The molecule has 10 heteroatoms. The number of aromatic amines is 1. The van der Waals surface area contributed by atoms with Crippen molar-refractivity contribution in [3.8, 4) is 0 Å². The summed E-state index contributed by atoms with van der Waals surface area (Å²) in [6.45, 7) is 4.02. The Balaban J connectivity index is 2.48.